The summed E-state index contributed by atoms with van der Waals surface area (Å²) in [6.07, 6.45) is 4.72. The van der Waals surface area contributed by atoms with Crippen molar-refractivity contribution in [1.82, 2.24) is 4.90 Å². The number of hydrogen-bond acceptors (Lipinski definition) is 1. The molecule has 0 N–H and O–H groups in total. The molecule has 74 valence electrons. The van der Waals surface area contributed by atoms with Crippen LogP contribution in [0.1, 0.15) is 33.6 Å². The highest BCUT2D eigenvalue weighted by Crippen LogP contribution is 2.32. The minimum atomic E-state index is 0.569. The summed E-state index contributed by atoms with van der Waals surface area (Å²) in [5.41, 5.74) is 4.67. The summed E-state index contributed by atoms with van der Waals surface area (Å²) in [5, 5.41) is 0. The molecule has 0 spiro atoms. The van der Waals surface area contributed by atoms with Gasteiger partial charge in [0.05, 0.1) is 6.04 Å². The quantitative estimate of drug-likeness (QED) is 0.644. The van der Waals surface area contributed by atoms with Crippen molar-refractivity contribution >= 4 is 0 Å². The highest BCUT2D eigenvalue weighted by molar-refractivity contribution is 5.44. The van der Waals surface area contributed by atoms with Crippen LogP contribution in [0.5, 0.6) is 0 Å². The van der Waals surface area contributed by atoms with E-state index in [0.717, 1.165) is 0 Å². The summed E-state index contributed by atoms with van der Waals surface area (Å²) in [7, 11) is 4.33. The summed E-state index contributed by atoms with van der Waals surface area (Å²) in [4.78, 5) is 2.31. The summed E-state index contributed by atoms with van der Waals surface area (Å²) in [5.74, 6) is 0. The van der Waals surface area contributed by atoms with Crippen molar-refractivity contribution in [3.05, 3.63) is 22.8 Å². The first-order chi connectivity index (χ1) is 6.11. The van der Waals surface area contributed by atoms with E-state index in [-0.39, 0.29) is 0 Å². The van der Waals surface area contributed by atoms with Gasteiger partial charge in [0.1, 0.15) is 0 Å². The molecule has 1 unspecified atom stereocenters. The molecule has 0 aromatic carbocycles. The van der Waals surface area contributed by atoms with Crippen molar-refractivity contribution in [2.75, 3.05) is 14.1 Å². The molecule has 1 atom stereocenters. The molecule has 0 saturated heterocycles. The Kier molecular flexibility index (Phi) is 3.32. The van der Waals surface area contributed by atoms with Crippen LogP contribution in [0.2, 0.25) is 0 Å². The number of nitrogens with zero attached hydrogens (tertiary/aromatic N) is 1. The van der Waals surface area contributed by atoms with Gasteiger partial charge in [-0.05, 0) is 45.0 Å². The smallest absolute Gasteiger partial charge is 0.0521 e. The fraction of sp³-hybridized carbons (Fsp3) is 0.667. The second kappa shape index (κ2) is 4.10. The molecular formula is C12H21N. The zero-order valence-corrected chi connectivity index (χ0v) is 9.52. The van der Waals surface area contributed by atoms with Crippen LogP contribution in [-0.4, -0.2) is 25.0 Å². The maximum absolute atomic E-state index is 2.36. The molecule has 1 nitrogen and oxygen atoms in total. The maximum Gasteiger partial charge on any atom is 0.0521 e. The van der Waals surface area contributed by atoms with E-state index in [1.54, 1.807) is 11.1 Å². The van der Waals surface area contributed by atoms with Crippen molar-refractivity contribution in [2.24, 2.45) is 0 Å². The van der Waals surface area contributed by atoms with Gasteiger partial charge in [-0.25, -0.2) is 0 Å². The standard InChI is InChI=1S/C12H21N/c1-6-10-8-9(3)12(13(4)5)11(10)7-2/h8,12H,6-7H2,1-5H3. The molecule has 1 aliphatic rings. The second-order valence-electron chi connectivity index (χ2n) is 4.01. The molecule has 0 aromatic heterocycles. The van der Waals surface area contributed by atoms with Gasteiger partial charge in [0.25, 0.3) is 0 Å². The number of likely N-dealkylation sites (N-methyl/N-ethyl adjacent to an activating group) is 1. The molecule has 13 heavy (non-hydrogen) atoms. The van der Waals surface area contributed by atoms with Gasteiger partial charge < -0.3 is 0 Å². The zero-order valence-electron chi connectivity index (χ0n) is 9.52. The normalized spacial score (nSPS) is 22.9. The molecule has 1 rings (SSSR count). The first-order valence-electron chi connectivity index (χ1n) is 5.18. The minimum Gasteiger partial charge on any atom is -0.299 e. The predicted octanol–water partition coefficient (Wildman–Crippen LogP) is 2.99. The third-order valence-corrected chi connectivity index (χ3v) is 2.85. The number of rotatable bonds is 3. The SMILES string of the molecule is CCC1=C(CC)C(N(C)C)C(C)=C1. The minimum absolute atomic E-state index is 0.569. The Bertz CT molecular complexity index is 246. The second-order valence-corrected chi connectivity index (χ2v) is 4.01. The van der Waals surface area contributed by atoms with Gasteiger partial charge >= 0.3 is 0 Å². The predicted molar refractivity (Wildman–Crippen MR) is 58.8 cm³/mol. The first kappa shape index (κ1) is 10.5. The van der Waals surface area contributed by atoms with E-state index in [2.05, 4.69) is 45.8 Å². The lowest BCUT2D eigenvalue weighted by molar-refractivity contribution is 0.364. The van der Waals surface area contributed by atoms with E-state index in [4.69, 9.17) is 0 Å². The molecule has 1 aliphatic carbocycles. The number of hydrogen-bond donors (Lipinski definition) is 0. The fourth-order valence-electron chi connectivity index (χ4n) is 2.37. The Hall–Kier alpha value is -0.560. The van der Waals surface area contributed by atoms with Crippen molar-refractivity contribution in [2.45, 2.75) is 39.7 Å². The average Bonchev–Trinajstić information content (AvgIpc) is 2.41. The summed E-state index contributed by atoms with van der Waals surface area (Å²) in [6, 6.07) is 0.569. The Morgan fingerprint density at radius 3 is 2.23 bits per heavy atom. The topological polar surface area (TPSA) is 3.24 Å². The van der Waals surface area contributed by atoms with Gasteiger partial charge in [0.2, 0.25) is 0 Å². The zero-order chi connectivity index (χ0) is 10.0. The lowest BCUT2D eigenvalue weighted by Gasteiger charge is -2.24. The van der Waals surface area contributed by atoms with Gasteiger partial charge in [-0.3, -0.25) is 4.90 Å². The van der Waals surface area contributed by atoms with Gasteiger partial charge in [0, 0.05) is 0 Å². The van der Waals surface area contributed by atoms with Gasteiger partial charge in [-0.1, -0.05) is 25.5 Å². The van der Waals surface area contributed by atoms with Crippen molar-refractivity contribution in [3.8, 4) is 0 Å². The van der Waals surface area contributed by atoms with Crippen molar-refractivity contribution < 1.29 is 0 Å². The summed E-state index contributed by atoms with van der Waals surface area (Å²) < 4.78 is 0. The molecule has 0 fully saturated rings. The van der Waals surface area contributed by atoms with Crippen LogP contribution in [0.25, 0.3) is 0 Å². The molecule has 0 amide bonds. The van der Waals surface area contributed by atoms with Crippen molar-refractivity contribution in [1.29, 1.82) is 0 Å². The third-order valence-electron chi connectivity index (χ3n) is 2.85. The summed E-state index contributed by atoms with van der Waals surface area (Å²) >= 11 is 0. The van der Waals surface area contributed by atoms with E-state index in [1.165, 1.54) is 18.4 Å². The van der Waals surface area contributed by atoms with Gasteiger partial charge in [-0.15, -0.1) is 0 Å². The Morgan fingerprint density at radius 2 is 1.85 bits per heavy atom. The molecule has 0 aromatic rings. The maximum atomic E-state index is 2.36. The van der Waals surface area contributed by atoms with E-state index in [0.29, 0.717) is 6.04 Å². The Labute approximate surface area is 82.1 Å². The summed E-state index contributed by atoms with van der Waals surface area (Å²) in [6.45, 7) is 6.74. The van der Waals surface area contributed by atoms with Gasteiger partial charge in [0.15, 0.2) is 0 Å². The molecule has 1 heteroatoms. The van der Waals surface area contributed by atoms with Crippen LogP contribution in [0.3, 0.4) is 0 Å². The van der Waals surface area contributed by atoms with Crippen LogP contribution >= 0.6 is 0 Å². The lowest BCUT2D eigenvalue weighted by Crippen LogP contribution is -2.29. The largest absolute Gasteiger partial charge is 0.299 e. The molecule has 0 aliphatic heterocycles. The molecular weight excluding hydrogens is 158 g/mol. The monoisotopic (exact) mass is 179 g/mol. The third kappa shape index (κ3) is 1.86. The van der Waals surface area contributed by atoms with E-state index in [1.807, 2.05) is 0 Å². The van der Waals surface area contributed by atoms with Crippen molar-refractivity contribution in [3.63, 3.8) is 0 Å². The van der Waals surface area contributed by atoms with Crippen LogP contribution in [-0.2, 0) is 0 Å². The molecule has 0 heterocycles. The van der Waals surface area contributed by atoms with Crippen LogP contribution < -0.4 is 0 Å². The van der Waals surface area contributed by atoms with E-state index < -0.39 is 0 Å². The fourth-order valence-corrected chi connectivity index (χ4v) is 2.37. The van der Waals surface area contributed by atoms with E-state index >= 15 is 0 Å². The average molecular weight is 179 g/mol. The first-order valence-corrected chi connectivity index (χ1v) is 5.18. The van der Waals surface area contributed by atoms with Gasteiger partial charge in [-0.2, -0.15) is 0 Å². The highest BCUT2D eigenvalue weighted by atomic mass is 15.1. The Morgan fingerprint density at radius 1 is 1.23 bits per heavy atom. The van der Waals surface area contributed by atoms with Crippen LogP contribution in [0.4, 0.5) is 0 Å². The Balaban J connectivity index is 2.97. The highest BCUT2D eigenvalue weighted by Gasteiger charge is 2.24. The molecule has 0 bridgehead atoms. The molecule has 0 radical (unpaired) electrons. The van der Waals surface area contributed by atoms with Crippen LogP contribution in [0.15, 0.2) is 22.8 Å². The number of allylic oxidation sites excluding steroid dienone is 2. The van der Waals surface area contributed by atoms with E-state index in [9.17, 15) is 0 Å². The van der Waals surface area contributed by atoms with Crippen LogP contribution in [0, 0.1) is 0 Å². The molecule has 0 saturated carbocycles. The lowest BCUT2D eigenvalue weighted by atomic mass is 10.00.